The van der Waals surface area contributed by atoms with E-state index in [1.165, 1.54) is 27.7 Å². The molecule has 2 aromatic rings. The average molecular weight is 398 g/mol. The molecule has 0 radical (unpaired) electrons. The number of carbonyl (C=O) groups excluding carboxylic acids is 2. The van der Waals surface area contributed by atoms with Gasteiger partial charge in [-0.3, -0.25) is 9.59 Å². The number of rotatable bonds is 8. The van der Waals surface area contributed by atoms with Crippen LogP contribution in [0.1, 0.15) is 70.7 Å². The summed E-state index contributed by atoms with van der Waals surface area (Å²) >= 11 is 0. The molecule has 156 valence electrons. The second-order valence-corrected chi connectivity index (χ2v) is 8.55. The Hall–Kier alpha value is -2.34. The van der Waals surface area contributed by atoms with Crippen LogP contribution in [0, 0.1) is 13.8 Å². The largest absolute Gasteiger partial charge is 0.382 e. The fourth-order valence-electron chi connectivity index (χ4n) is 2.94. The third kappa shape index (κ3) is 5.82. The zero-order valence-corrected chi connectivity index (χ0v) is 18.0. The van der Waals surface area contributed by atoms with Crippen LogP contribution in [0.3, 0.4) is 0 Å². The molecule has 29 heavy (non-hydrogen) atoms. The molecule has 2 aromatic carbocycles. The summed E-state index contributed by atoms with van der Waals surface area (Å²) in [6.07, 6.45) is 0. The molecule has 0 amide bonds. The van der Waals surface area contributed by atoms with Crippen LogP contribution in [0.4, 0.5) is 0 Å². The van der Waals surface area contributed by atoms with Gasteiger partial charge >= 0.3 is 0 Å². The van der Waals surface area contributed by atoms with Crippen molar-refractivity contribution in [3.05, 3.63) is 69.8 Å². The number of benzene rings is 2. The number of carbonyl (C=O) groups is 2. The van der Waals surface area contributed by atoms with Gasteiger partial charge in [-0.2, -0.15) is 0 Å². The van der Waals surface area contributed by atoms with Crippen LogP contribution in [0.25, 0.3) is 0 Å². The van der Waals surface area contributed by atoms with E-state index in [1.807, 2.05) is 26.0 Å². The van der Waals surface area contributed by atoms with Crippen LogP contribution < -0.4 is 0 Å². The van der Waals surface area contributed by atoms with Crippen LogP contribution in [0.5, 0.6) is 0 Å². The average Bonchev–Trinajstić information content (AvgIpc) is 2.61. The second-order valence-electron chi connectivity index (χ2n) is 8.55. The number of Topliss-reactive ketones (excluding diaryl/α,β-unsaturated/α-hetero) is 2. The number of hydrogen-bond acceptors (Lipinski definition) is 5. The smallest absolute Gasteiger partial charge is 0.193 e. The van der Waals surface area contributed by atoms with Gasteiger partial charge in [0.15, 0.2) is 11.6 Å². The predicted molar refractivity (Wildman–Crippen MR) is 112 cm³/mol. The molecular weight excluding hydrogens is 368 g/mol. The molecule has 5 nitrogen and oxygen atoms in total. The molecule has 2 rings (SSSR count). The Bertz CT molecular complexity index is 914. The van der Waals surface area contributed by atoms with Gasteiger partial charge in [0.25, 0.3) is 0 Å². The third-order valence-corrected chi connectivity index (χ3v) is 4.84. The van der Waals surface area contributed by atoms with E-state index in [0.29, 0.717) is 24.3 Å². The summed E-state index contributed by atoms with van der Waals surface area (Å²) in [5.41, 5.74) is 1.81. The van der Waals surface area contributed by atoms with E-state index in [2.05, 4.69) is 0 Å². The summed E-state index contributed by atoms with van der Waals surface area (Å²) in [7, 11) is 0. The van der Waals surface area contributed by atoms with E-state index in [-0.39, 0.29) is 11.6 Å². The van der Waals surface area contributed by atoms with Gasteiger partial charge in [0.2, 0.25) is 0 Å². The number of aliphatic hydroxyl groups is 2. The van der Waals surface area contributed by atoms with Crippen molar-refractivity contribution in [2.45, 2.75) is 66.0 Å². The van der Waals surface area contributed by atoms with Gasteiger partial charge < -0.3 is 14.9 Å². The molecule has 5 heteroatoms. The molecule has 0 fully saturated rings. The van der Waals surface area contributed by atoms with Gasteiger partial charge in [-0.05, 0) is 75.9 Å². The van der Waals surface area contributed by atoms with Crippen molar-refractivity contribution in [2.24, 2.45) is 0 Å². The van der Waals surface area contributed by atoms with Crippen molar-refractivity contribution >= 4 is 11.6 Å². The highest BCUT2D eigenvalue weighted by molar-refractivity contribution is 6.02. The molecule has 0 unspecified atom stereocenters. The van der Waals surface area contributed by atoms with Crippen LogP contribution >= 0.6 is 0 Å². The van der Waals surface area contributed by atoms with Gasteiger partial charge in [0.1, 0.15) is 11.2 Å². The predicted octanol–water partition coefficient (Wildman–Crippen LogP) is 3.93. The topological polar surface area (TPSA) is 83.8 Å². The standard InChI is InChI=1S/C24H30O5/c1-15-7-8-18(22(26)24(5,6)28)12-20(15)14-29-13-19-10-9-17(11-16(19)2)21(25)23(3,4)27/h7-12,27-28H,13-14H2,1-6H3. The Labute approximate surface area is 172 Å². The summed E-state index contributed by atoms with van der Waals surface area (Å²) < 4.78 is 5.85. The highest BCUT2D eigenvalue weighted by Gasteiger charge is 2.26. The summed E-state index contributed by atoms with van der Waals surface area (Å²) in [5, 5.41) is 19.8. The summed E-state index contributed by atoms with van der Waals surface area (Å²) in [5.74, 6) is -0.654. The highest BCUT2D eigenvalue weighted by atomic mass is 16.5. The normalized spacial score (nSPS) is 12.1. The van der Waals surface area contributed by atoms with E-state index >= 15 is 0 Å². The number of hydrogen-bond donors (Lipinski definition) is 2. The molecule has 0 bridgehead atoms. The van der Waals surface area contributed by atoms with E-state index in [9.17, 15) is 19.8 Å². The van der Waals surface area contributed by atoms with Crippen LogP contribution in [0.15, 0.2) is 36.4 Å². The van der Waals surface area contributed by atoms with Gasteiger partial charge in [0, 0.05) is 11.1 Å². The van der Waals surface area contributed by atoms with Gasteiger partial charge in [-0.15, -0.1) is 0 Å². The van der Waals surface area contributed by atoms with E-state index in [1.54, 1.807) is 24.3 Å². The zero-order valence-electron chi connectivity index (χ0n) is 18.0. The maximum Gasteiger partial charge on any atom is 0.193 e. The molecule has 2 N–H and O–H groups in total. The maximum atomic E-state index is 12.3. The lowest BCUT2D eigenvalue weighted by Gasteiger charge is -2.17. The number of ether oxygens (including phenoxy) is 1. The van der Waals surface area contributed by atoms with Crippen LogP contribution in [-0.2, 0) is 18.0 Å². The first kappa shape index (κ1) is 22.9. The minimum absolute atomic E-state index is 0.322. The molecule has 0 atom stereocenters. The summed E-state index contributed by atoms with van der Waals surface area (Å²) in [6, 6.07) is 10.6. The Morgan fingerprint density at radius 2 is 1.24 bits per heavy atom. The highest BCUT2D eigenvalue weighted by Crippen LogP contribution is 2.20. The fourth-order valence-corrected chi connectivity index (χ4v) is 2.94. The molecule has 0 aliphatic heterocycles. The minimum atomic E-state index is -1.42. The first-order chi connectivity index (χ1) is 13.3. The van der Waals surface area contributed by atoms with Crippen molar-refractivity contribution in [1.82, 2.24) is 0 Å². The molecular formula is C24H30O5. The second kappa shape index (κ2) is 8.57. The molecule has 0 saturated heterocycles. The van der Waals surface area contributed by atoms with E-state index in [4.69, 9.17) is 4.74 Å². The number of ketones is 2. The third-order valence-electron chi connectivity index (χ3n) is 4.84. The minimum Gasteiger partial charge on any atom is -0.382 e. The summed E-state index contributed by atoms with van der Waals surface area (Å²) in [6.45, 7) is 10.4. The van der Waals surface area contributed by atoms with E-state index in [0.717, 1.165) is 22.3 Å². The van der Waals surface area contributed by atoms with Gasteiger partial charge in [-0.25, -0.2) is 0 Å². The molecule has 0 heterocycles. The lowest BCUT2D eigenvalue weighted by molar-refractivity contribution is 0.0486. The Balaban J connectivity index is 2.09. The molecule has 0 saturated carbocycles. The van der Waals surface area contributed by atoms with Crippen molar-refractivity contribution < 1.29 is 24.5 Å². The molecule has 0 aromatic heterocycles. The summed E-state index contributed by atoms with van der Waals surface area (Å²) in [4.78, 5) is 24.5. The Kier molecular flexibility index (Phi) is 6.78. The lowest BCUT2D eigenvalue weighted by Crippen LogP contribution is -2.31. The molecule has 0 spiro atoms. The fraction of sp³-hybridized carbons (Fsp3) is 0.417. The zero-order chi connectivity index (χ0) is 22.0. The van der Waals surface area contributed by atoms with E-state index < -0.39 is 11.2 Å². The molecule has 0 aliphatic rings. The Morgan fingerprint density at radius 3 is 1.76 bits per heavy atom. The van der Waals surface area contributed by atoms with Crippen LogP contribution in [0.2, 0.25) is 0 Å². The number of aryl methyl sites for hydroxylation is 2. The SMILES string of the molecule is Cc1cc(C(=O)C(C)(C)O)ccc1COCc1cc(C(=O)C(C)(C)O)ccc1C. The lowest BCUT2D eigenvalue weighted by atomic mass is 9.94. The van der Waals surface area contributed by atoms with Gasteiger partial charge in [0.05, 0.1) is 13.2 Å². The van der Waals surface area contributed by atoms with Gasteiger partial charge in [-0.1, -0.05) is 24.3 Å². The Morgan fingerprint density at radius 1 is 0.759 bits per heavy atom. The van der Waals surface area contributed by atoms with Crippen LogP contribution in [-0.4, -0.2) is 33.0 Å². The first-order valence-corrected chi connectivity index (χ1v) is 9.62. The quantitative estimate of drug-likeness (QED) is 0.658. The van der Waals surface area contributed by atoms with Crippen molar-refractivity contribution in [2.75, 3.05) is 0 Å². The monoisotopic (exact) mass is 398 g/mol. The molecule has 0 aliphatic carbocycles. The first-order valence-electron chi connectivity index (χ1n) is 9.62. The van der Waals surface area contributed by atoms with Crippen molar-refractivity contribution in [3.63, 3.8) is 0 Å². The van der Waals surface area contributed by atoms with Crippen molar-refractivity contribution in [3.8, 4) is 0 Å². The maximum absolute atomic E-state index is 12.3. The van der Waals surface area contributed by atoms with Crippen molar-refractivity contribution in [1.29, 1.82) is 0 Å².